The number of carbonyl (C=O) groups is 2. The third kappa shape index (κ3) is 2.92. The van der Waals surface area contributed by atoms with Crippen molar-refractivity contribution in [2.45, 2.75) is 38.9 Å². The standard InChI is InChI=1S/C12H18O4/c1-3-9-10(5-4-8(2)14)11(15)6-12(9)16-7-13/h4-5,7,9-12,15H,3,6H2,1-2H3/b5-4+/t9-,10-,11-,12?/m1/s1. The second-order valence-electron chi connectivity index (χ2n) is 4.19. The molecule has 0 bridgehead atoms. The fraction of sp³-hybridized carbons (Fsp3) is 0.667. The Labute approximate surface area is 95.3 Å². The molecule has 16 heavy (non-hydrogen) atoms. The van der Waals surface area contributed by atoms with Crippen LogP contribution < -0.4 is 0 Å². The molecular weight excluding hydrogens is 208 g/mol. The average molecular weight is 226 g/mol. The van der Waals surface area contributed by atoms with E-state index in [4.69, 9.17) is 4.74 Å². The quantitative estimate of drug-likeness (QED) is 0.563. The third-order valence-electron chi connectivity index (χ3n) is 3.14. The van der Waals surface area contributed by atoms with Gasteiger partial charge in [-0.2, -0.15) is 0 Å². The third-order valence-corrected chi connectivity index (χ3v) is 3.14. The number of carbonyl (C=O) groups excluding carboxylic acids is 2. The molecule has 1 aliphatic rings. The van der Waals surface area contributed by atoms with Gasteiger partial charge < -0.3 is 9.84 Å². The summed E-state index contributed by atoms with van der Waals surface area (Å²) in [6, 6.07) is 0. The van der Waals surface area contributed by atoms with Gasteiger partial charge in [0.15, 0.2) is 5.78 Å². The molecule has 0 radical (unpaired) electrons. The lowest BCUT2D eigenvalue weighted by molar-refractivity contribution is -0.135. The van der Waals surface area contributed by atoms with Gasteiger partial charge in [-0.25, -0.2) is 0 Å². The van der Waals surface area contributed by atoms with Crippen LogP contribution in [-0.2, 0) is 14.3 Å². The lowest BCUT2D eigenvalue weighted by Gasteiger charge is -2.20. The van der Waals surface area contributed by atoms with Gasteiger partial charge in [0.1, 0.15) is 6.10 Å². The monoisotopic (exact) mass is 226 g/mol. The fourth-order valence-electron chi connectivity index (χ4n) is 2.38. The molecule has 1 rings (SSSR count). The number of hydrogen-bond donors (Lipinski definition) is 1. The van der Waals surface area contributed by atoms with Crippen LogP contribution in [0.4, 0.5) is 0 Å². The normalized spacial score (nSPS) is 34.2. The van der Waals surface area contributed by atoms with E-state index >= 15 is 0 Å². The van der Waals surface area contributed by atoms with Gasteiger partial charge in [-0.1, -0.05) is 13.0 Å². The summed E-state index contributed by atoms with van der Waals surface area (Å²) in [4.78, 5) is 21.2. The van der Waals surface area contributed by atoms with E-state index in [9.17, 15) is 14.7 Å². The van der Waals surface area contributed by atoms with Crippen LogP contribution in [0.15, 0.2) is 12.2 Å². The minimum Gasteiger partial charge on any atom is -0.464 e. The molecule has 0 aromatic rings. The Balaban J connectivity index is 2.74. The highest BCUT2D eigenvalue weighted by Crippen LogP contribution is 2.37. The summed E-state index contributed by atoms with van der Waals surface area (Å²) < 4.78 is 4.95. The average Bonchev–Trinajstić information content (AvgIpc) is 2.51. The molecular formula is C12H18O4. The molecule has 4 nitrogen and oxygen atoms in total. The summed E-state index contributed by atoms with van der Waals surface area (Å²) >= 11 is 0. The van der Waals surface area contributed by atoms with Crippen molar-refractivity contribution < 1.29 is 19.4 Å². The van der Waals surface area contributed by atoms with Gasteiger partial charge in [-0.15, -0.1) is 0 Å². The Bertz CT molecular complexity index is 285. The van der Waals surface area contributed by atoms with Crippen molar-refractivity contribution in [3.8, 4) is 0 Å². The summed E-state index contributed by atoms with van der Waals surface area (Å²) in [6.07, 6.45) is 3.69. The first kappa shape index (κ1) is 12.9. The number of allylic oxidation sites excluding steroid dienone is 1. The molecule has 1 saturated carbocycles. The second-order valence-corrected chi connectivity index (χ2v) is 4.19. The Morgan fingerprint density at radius 2 is 2.25 bits per heavy atom. The highest BCUT2D eigenvalue weighted by molar-refractivity contribution is 5.87. The number of aliphatic hydroxyl groups is 1. The largest absolute Gasteiger partial charge is 0.464 e. The maximum Gasteiger partial charge on any atom is 0.293 e. The lowest BCUT2D eigenvalue weighted by Crippen LogP contribution is -2.21. The van der Waals surface area contributed by atoms with E-state index in [1.54, 1.807) is 6.08 Å². The summed E-state index contributed by atoms with van der Waals surface area (Å²) in [5.41, 5.74) is 0. The van der Waals surface area contributed by atoms with Crippen LogP contribution in [0.1, 0.15) is 26.7 Å². The van der Waals surface area contributed by atoms with Crippen LogP contribution in [0.5, 0.6) is 0 Å². The highest BCUT2D eigenvalue weighted by Gasteiger charge is 2.41. The predicted octanol–water partition coefficient (Wildman–Crippen LogP) is 1.08. The molecule has 1 aliphatic carbocycles. The maximum absolute atomic E-state index is 10.9. The zero-order valence-corrected chi connectivity index (χ0v) is 9.63. The van der Waals surface area contributed by atoms with Crippen molar-refractivity contribution in [3.05, 3.63) is 12.2 Å². The number of ketones is 1. The zero-order valence-electron chi connectivity index (χ0n) is 9.63. The smallest absolute Gasteiger partial charge is 0.293 e. The van der Waals surface area contributed by atoms with E-state index in [0.717, 1.165) is 6.42 Å². The number of rotatable bonds is 5. The minimum atomic E-state index is -0.537. The Morgan fingerprint density at radius 1 is 1.56 bits per heavy atom. The molecule has 4 heteroatoms. The molecule has 0 saturated heterocycles. The van der Waals surface area contributed by atoms with Crippen LogP contribution in [0, 0.1) is 11.8 Å². The summed E-state index contributed by atoms with van der Waals surface area (Å²) in [5.74, 6) is -0.0449. The SMILES string of the molecule is CC[C@H]1C(OC=O)C[C@@H](O)[C@@H]1/C=C/C(C)=O. The van der Waals surface area contributed by atoms with Gasteiger partial charge in [0.2, 0.25) is 0 Å². The second kappa shape index (κ2) is 5.80. The first-order valence-corrected chi connectivity index (χ1v) is 5.56. The number of ether oxygens (including phenoxy) is 1. The van der Waals surface area contributed by atoms with Crippen molar-refractivity contribution in [3.63, 3.8) is 0 Å². The van der Waals surface area contributed by atoms with Crippen LogP contribution in [0.2, 0.25) is 0 Å². The molecule has 0 aromatic carbocycles. The van der Waals surface area contributed by atoms with Gasteiger partial charge in [0.05, 0.1) is 6.10 Å². The van der Waals surface area contributed by atoms with Gasteiger partial charge in [-0.05, 0) is 19.4 Å². The van der Waals surface area contributed by atoms with E-state index in [2.05, 4.69) is 0 Å². The predicted molar refractivity (Wildman–Crippen MR) is 58.7 cm³/mol. The van der Waals surface area contributed by atoms with Gasteiger partial charge in [-0.3, -0.25) is 9.59 Å². The number of aliphatic hydroxyl groups excluding tert-OH is 1. The molecule has 1 fully saturated rings. The minimum absolute atomic E-state index is 0.0400. The molecule has 90 valence electrons. The van der Waals surface area contributed by atoms with Crippen molar-refractivity contribution in [2.24, 2.45) is 11.8 Å². The maximum atomic E-state index is 10.9. The molecule has 0 spiro atoms. The Hall–Kier alpha value is -1.16. The van der Waals surface area contributed by atoms with E-state index < -0.39 is 6.10 Å². The topological polar surface area (TPSA) is 63.6 Å². The van der Waals surface area contributed by atoms with E-state index in [1.165, 1.54) is 13.0 Å². The molecule has 0 heterocycles. The van der Waals surface area contributed by atoms with Crippen molar-refractivity contribution in [1.82, 2.24) is 0 Å². The van der Waals surface area contributed by atoms with Gasteiger partial charge >= 0.3 is 0 Å². The molecule has 0 amide bonds. The van der Waals surface area contributed by atoms with Crippen LogP contribution in [0.3, 0.4) is 0 Å². The van der Waals surface area contributed by atoms with Crippen LogP contribution in [-0.4, -0.2) is 29.6 Å². The molecule has 0 aliphatic heterocycles. The van der Waals surface area contributed by atoms with Gasteiger partial charge in [0.25, 0.3) is 6.47 Å². The Kier molecular flexibility index (Phi) is 4.68. The molecule has 1 unspecified atom stereocenters. The zero-order chi connectivity index (χ0) is 12.1. The molecule has 0 aromatic heterocycles. The summed E-state index contributed by atoms with van der Waals surface area (Å²) in [6.45, 7) is 3.88. The van der Waals surface area contributed by atoms with Crippen molar-refractivity contribution in [1.29, 1.82) is 0 Å². The Morgan fingerprint density at radius 3 is 2.75 bits per heavy atom. The molecule has 1 N–H and O–H groups in total. The van der Waals surface area contributed by atoms with Crippen LogP contribution in [0.25, 0.3) is 0 Å². The highest BCUT2D eigenvalue weighted by atomic mass is 16.5. The van der Waals surface area contributed by atoms with E-state index in [1.807, 2.05) is 6.92 Å². The van der Waals surface area contributed by atoms with Crippen molar-refractivity contribution in [2.75, 3.05) is 0 Å². The summed E-state index contributed by atoms with van der Waals surface area (Å²) in [7, 11) is 0. The first-order chi connectivity index (χ1) is 7.60. The number of hydrogen-bond acceptors (Lipinski definition) is 4. The first-order valence-electron chi connectivity index (χ1n) is 5.56. The summed E-state index contributed by atoms with van der Waals surface area (Å²) in [5, 5.41) is 9.84. The molecule has 4 atom stereocenters. The fourth-order valence-corrected chi connectivity index (χ4v) is 2.38. The van der Waals surface area contributed by atoms with Crippen LogP contribution >= 0.6 is 0 Å². The lowest BCUT2D eigenvalue weighted by atomic mass is 9.91. The van der Waals surface area contributed by atoms with Crippen molar-refractivity contribution >= 4 is 12.3 Å². The van der Waals surface area contributed by atoms with E-state index in [0.29, 0.717) is 12.9 Å². The van der Waals surface area contributed by atoms with Gasteiger partial charge in [0, 0.05) is 18.3 Å². The van der Waals surface area contributed by atoms with E-state index in [-0.39, 0.29) is 23.7 Å².